The molecule has 0 radical (unpaired) electrons. The van der Waals surface area contributed by atoms with E-state index < -0.39 is 0 Å². The number of unbranched alkanes of at least 4 members (excludes halogenated alkanes) is 1. The quantitative estimate of drug-likeness (QED) is 0.526. The van der Waals surface area contributed by atoms with Gasteiger partial charge in [-0.3, -0.25) is 0 Å². The van der Waals surface area contributed by atoms with Gasteiger partial charge in [-0.1, -0.05) is 26.2 Å². The molecule has 4 nitrogen and oxygen atoms in total. The first-order valence-electron chi connectivity index (χ1n) is 6.45. The van der Waals surface area contributed by atoms with Crippen molar-refractivity contribution in [3.63, 3.8) is 0 Å². The summed E-state index contributed by atoms with van der Waals surface area (Å²) in [5.74, 6) is 0.374. The highest BCUT2D eigenvalue weighted by Gasteiger charge is 2.27. The Bertz CT molecular complexity index is 317. The molecule has 3 unspecified atom stereocenters. The molecule has 0 spiro atoms. The summed E-state index contributed by atoms with van der Waals surface area (Å²) in [7, 11) is 0. The number of rotatable bonds is 6. The minimum atomic E-state index is 0.0668. The Labute approximate surface area is 102 Å². The van der Waals surface area contributed by atoms with Gasteiger partial charge in [-0.25, -0.2) is 19.6 Å². The Morgan fingerprint density at radius 2 is 2.12 bits per heavy atom. The number of carbonyl (C=O) groups excluding carboxylic acids is 2. The molecule has 1 aliphatic rings. The Morgan fingerprint density at radius 3 is 2.76 bits per heavy atom. The molecule has 0 saturated heterocycles. The zero-order chi connectivity index (χ0) is 12.5. The molecule has 0 aromatic rings. The van der Waals surface area contributed by atoms with Gasteiger partial charge in [0, 0.05) is 0 Å². The number of hydrogen-bond donors (Lipinski definition) is 0. The van der Waals surface area contributed by atoms with Crippen LogP contribution in [0.25, 0.3) is 0 Å². The highest BCUT2D eigenvalue weighted by atomic mass is 16.1. The maximum Gasteiger partial charge on any atom is 0.235 e. The van der Waals surface area contributed by atoms with Crippen LogP contribution in [-0.2, 0) is 9.59 Å². The average molecular weight is 236 g/mol. The van der Waals surface area contributed by atoms with Crippen molar-refractivity contribution in [1.82, 2.24) is 0 Å². The van der Waals surface area contributed by atoms with E-state index >= 15 is 0 Å². The molecule has 1 aliphatic carbocycles. The van der Waals surface area contributed by atoms with Crippen LogP contribution in [0.4, 0.5) is 0 Å². The number of nitrogens with zero attached hydrogens (tertiary/aromatic N) is 2. The minimum absolute atomic E-state index is 0.0668. The maximum atomic E-state index is 10.5. The first-order valence-corrected chi connectivity index (χ1v) is 6.45. The lowest BCUT2D eigenvalue weighted by Crippen LogP contribution is -2.27. The molecular weight excluding hydrogens is 216 g/mol. The normalized spacial score (nSPS) is 25.5. The largest absolute Gasteiger partial charge is 0.235 e. The number of aliphatic imine (C=N–C) groups is 2. The molecular formula is C13H20N2O2. The van der Waals surface area contributed by atoms with Gasteiger partial charge in [0.25, 0.3) is 0 Å². The third-order valence-electron chi connectivity index (χ3n) is 3.54. The van der Waals surface area contributed by atoms with Crippen molar-refractivity contribution < 1.29 is 9.59 Å². The van der Waals surface area contributed by atoms with Crippen molar-refractivity contribution in [2.45, 2.75) is 64.0 Å². The highest BCUT2D eigenvalue weighted by molar-refractivity contribution is 5.34. The summed E-state index contributed by atoms with van der Waals surface area (Å²) in [5.41, 5.74) is 0. The van der Waals surface area contributed by atoms with Crippen molar-refractivity contribution in [3.8, 4) is 0 Å². The van der Waals surface area contributed by atoms with Crippen LogP contribution in [0, 0.1) is 5.92 Å². The molecule has 4 heteroatoms. The summed E-state index contributed by atoms with van der Waals surface area (Å²) in [6.45, 7) is 2.13. The molecule has 0 aliphatic heterocycles. The molecule has 0 N–H and O–H groups in total. The van der Waals surface area contributed by atoms with Crippen LogP contribution in [0.5, 0.6) is 0 Å². The monoisotopic (exact) mass is 236 g/mol. The summed E-state index contributed by atoms with van der Waals surface area (Å²) < 4.78 is 0. The second kappa shape index (κ2) is 7.94. The van der Waals surface area contributed by atoms with Crippen LogP contribution >= 0.6 is 0 Å². The van der Waals surface area contributed by atoms with Gasteiger partial charge in [-0.15, -0.1) is 0 Å². The van der Waals surface area contributed by atoms with Crippen LogP contribution in [0.15, 0.2) is 9.98 Å². The second-order valence-corrected chi connectivity index (χ2v) is 4.73. The topological polar surface area (TPSA) is 58.9 Å². The summed E-state index contributed by atoms with van der Waals surface area (Å²) >= 11 is 0. The fourth-order valence-electron chi connectivity index (χ4n) is 2.63. The first-order chi connectivity index (χ1) is 8.31. The predicted molar refractivity (Wildman–Crippen MR) is 65.3 cm³/mol. The molecule has 0 bridgehead atoms. The molecule has 0 amide bonds. The third-order valence-corrected chi connectivity index (χ3v) is 3.54. The van der Waals surface area contributed by atoms with Crippen molar-refractivity contribution in [1.29, 1.82) is 0 Å². The highest BCUT2D eigenvalue weighted by Crippen LogP contribution is 2.31. The van der Waals surface area contributed by atoms with E-state index in [2.05, 4.69) is 16.9 Å². The molecule has 3 atom stereocenters. The molecule has 1 rings (SSSR count). The summed E-state index contributed by atoms with van der Waals surface area (Å²) in [4.78, 5) is 28.5. The lowest BCUT2D eigenvalue weighted by atomic mass is 9.80. The fraction of sp³-hybridized carbons (Fsp3) is 0.846. The van der Waals surface area contributed by atoms with Gasteiger partial charge in [0.15, 0.2) is 0 Å². The van der Waals surface area contributed by atoms with Gasteiger partial charge in [-0.2, -0.15) is 0 Å². The SMILES string of the molecule is CCCCC(N=C=O)C1CCCC(N=C=O)C1. The average Bonchev–Trinajstić information content (AvgIpc) is 2.35. The predicted octanol–water partition coefficient (Wildman–Crippen LogP) is 2.78. The van der Waals surface area contributed by atoms with Crippen LogP contribution in [0.3, 0.4) is 0 Å². The van der Waals surface area contributed by atoms with Gasteiger partial charge in [0.05, 0.1) is 12.1 Å². The van der Waals surface area contributed by atoms with Crippen molar-refractivity contribution in [2.24, 2.45) is 15.9 Å². The summed E-state index contributed by atoms with van der Waals surface area (Å²) in [6.07, 6.45) is 10.4. The first kappa shape index (κ1) is 13.8. The van der Waals surface area contributed by atoms with Crippen LogP contribution in [0.2, 0.25) is 0 Å². The summed E-state index contributed by atoms with van der Waals surface area (Å²) in [5, 5.41) is 0. The van der Waals surface area contributed by atoms with Crippen LogP contribution in [-0.4, -0.2) is 24.2 Å². The molecule has 0 heterocycles. The van der Waals surface area contributed by atoms with Gasteiger partial charge in [-0.05, 0) is 31.6 Å². The van der Waals surface area contributed by atoms with E-state index in [9.17, 15) is 9.59 Å². The van der Waals surface area contributed by atoms with Gasteiger partial charge >= 0.3 is 0 Å². The van der Waals surface area contributed by atoms with E-state index in [1.54, 1.807) is 12.2 Å². The minimum Gasteiger partial charge on any atom is -0.211 e. The maximum absolute atomic E-state index is 10.5. The Balaban J connectivity index is 2.59. The zero-order valence-corrected chi connectivity index (χ0v) is 10.4. The van der Waals surface area contributed by atoms with E-state index in [0.29, 0.717) is 5.92 Å². The smallest absolute Gasteiger partial charge is 0.211 e. The summed E-state index contributed by atoms with van der Waals surface area (Å²) in [6, 6.07) is 0.148. The van der Waals surface area contributed by atoms with E-state index in [1.807, 2.05) is 0 Å². The third kappa shape index (κ3) is 4.64. The Hall–Kier alpha value is -1.24. The van der Waals surface area contributed by atoms with Crippen LogP contribution < -0.4 is 0 Å². The molecule has 1 fully saturated rings. The van der Waals surface area contributed by atoms with E-state index in [-0.39, 0.29) is 12.1 Å². The van der Waals surface area contributed by atoms with E-state index in [1.165, 1.54) is 0 Å². The van der Waals surface area contributed by atoms with E-state index in [4.69, 9.17) is 0 Å². The van der Waals surface area contributed by atoms with Crippen molar-refractivity contribution >= 4 is 12.2 Å². The Morgan fingerprint density at radius 1 is 1.29 bits per heavy atom. The van der Waals surface area contributed by atoms with Crippen molar-refractivity contribution in [3.05, 3.63) is 0 Å². The fourth-order valence-corrected chi connectivity index (χ4v) is 2.63. The van der Waals surface area contributed by atoms with Crippen LogP contribution in [0.1, 0.15) is 51.9 Å². The van der Waals surface area contributed by atoms with Gasteiger partial charge < -0.3 is 0 Å². The molecule has 94 valence electrons. The molecule has 1 saturated carbocycles. The molecule has 17 heavy (non-hydrogen) atoms. The zero-order valence-electron chi connectivity index (χ0n) is 10.4. The van der Waals surface area contributed by atoms with E-state index in [0.717, 1.165) is 44.9 Å². The van der Waals surface area contributed by atoms with Crippen molar-refractivity contribution in [2.75, 3.05) is 0 Å². The number of hydrogen-bond acceptors (Lipinski definition) is 4. The Kier molecular flexibility index (Phi) is 6.46. The molecule has 0 aromatic carbocycles. The standard InChI is InChI=1S/C13H20N2O2/c1-2-3-7-13(15-10-17)11-5-4-6-12(8-11)14-9-16/h11-13H,2-8H2,1H3. The lowest BCUT2D eigenvalue weighted by molar-refractivity contribution is 0.269. The second-order valence-electron chi connectivity index (χ2n) is 4.73. The lowest BCUT2D eigenvalue weighted by Gasteiger charge is -2.29. The van der Waals surface area contributed by atoms with Gasteiger partial charge in [0.2, 0.25) is 12.2 Å². The number of isocyanates is 2. The molecule has 0 aromatic heterocycles. The van der Waals surface area contributed by atoms with Gasteiger partial charge in [0.1, 0.15) is 0 Å².